The summed E-state index contributed by atoms with van der Waals surface area (Å²) in [6.45, 7) is 6.81. The zero-order valence-corrected chi connectivity index (χ0v) is 29.8. The summed E-state index contributed by atoms with van der Waals surface area (Å²) in [5.74, 6) is 0.586. The van der Waals surface area contributed by atoms with Crippen molar-refractivity contribution < 1.29 is 32.2 Å². The second-order valence-corrected chi connectivity index (χ2v) is 13.4. The molecule has 3 aromatic heterocycles. The molecular formula is C38H43F3N6O4S. The first kappa shape index (κ1) is 37.4. The minimum absolute atomic E-state index is 0.0553. The number of thiazole rings is 1. The number of aromatic nitrogens is 3. The van der Waals surface area contributed by atoms with Gasteiger partial charge in [-0.3, -0.25) is 9.69 Å². The first-order chi connectivity index (χ1) is 25.2. The predicted molar refractivity (Wildman–Crippen MR) is 196 cm³/mol. The molecule has 5 aromatic rings. The Kier molecular flexibility index (Phi) is 12.9. The van der Waals surface area contributed by atoms with Crippen molar-refractivity contribution in [3.63, 3.8) is 0 Å². The molecule has 1 unspecified atom stereocenters. The van der Waals surface area contributed by atoms with Crippen molar-refractivity contribution in [3.8, 4) is 10.4 Å². The number of nitrogens with zero attached hydrogens (tertiary/aromatic N) is 3. The Morgan fingerprint density at radius 3 is 2.52 bits per heavy atom. The summed E-state index contributed by atoms with van der Waals surface area (Å²) in [7, 11) is 0. The zero-order chi connectivity index (χ0) is 36.3. The monoisotopic (exact) mass is 736 g/mol. The number of pyridine rings is 1. The summed E-state index contributed by atoms with van der Waals surface area (Å²) in [5.41, 5.74) is 6.29. The number of hydrogen-bond acceptors (Lipinski definition) is 9. The number of fused-ring (bicyclic) bond motifs is 1. The van der Waals surface area contributed by atoms with Gasteiger partial charge in [-0.1, -0.05) is 30.3 Å². The van der Waals surface area contributed by atoms with E-state index in [9.17, 15) is 18.0 Å². The van der Waals surface area contributed by atoms with Crippen molar-refractivity contribution in [1.29, 1.82) is 0 Å². The third-order valence-electron chi connectivity index (χ3n) is 8.94. The van der Waals surface area contributed by atoms with Crippen molar-refractivity contribution in [2.24, 2.45) is 0 Å². The predicted octanol–water partition coefficient (Wildman–Crippen LogP) is 7.13. The first-order valence-corrected chi connectivity index (χ1v) is 18.3. The first-order valence-electron chi connectivity index (χ1n) is 17.4. The van der Waals surface area contributed by atoms with Gasteiger partial charge in [0.25, 0.3) is 0 Å². The lowest BCUT2D eigenvalue weighted by molar-refractivity contribution is -0.137. The lowest BCUT2D eigenvalue weighted by Gasteiger charge is -2.23. The highest BCUT2D eigenvalue weighted by Gasteiger charge is 2.31. The summed E-state index contributed by atoms with van der Waals surface area (Å²) >= 11 is 1.63. The number of alkyl halides is 3. The van der Waals surface area contributed by atoms with Gasteiger partial charge in [0.05, 0.1) is 73.0 Å². The van der Waals surface area contributed by atoms with E-state index in [0.29, 0.717) is 81.6 Å². The van der Waals surface area contributed by atoms with E-state index < -0.39 is 11.7 Å². The number of H-pyrrole nitrogens is 1. The van der Waals surface area contributed by atoms with Gasteiger partial charge in [-0.25, -0.2) is 9.97 Å². The van der Waals surface area contributed by atoms with Crippen LogP contribution in [0, 0.1) is 6.92 Å². The van der Waals surface area contributed by atoms with Gasteiger partial charge in [-0.2, -0.15) is 13.2 Å². The number of ether oxygens (including phenoxy) is 3. The normalized spacial score (nSPS) is 15.0. The van der Waals surface area contributed by atoms with Gasteiger partial charge in [0, 0.05) is 42.3 Å². The van der Waals surface area contributed by atoms with Crippen LogP contribution in [0.1, 0.15) is 35.4 Å². The molecule has 14 heteroatoms. The van der Waals surface area contributed by atoms with Gasteiger partial charge in [0.15, 0.2) is 0 Å². The molecule has 1 saturated heterocycles. The molecule has 1 amide bonds. The third-order valence-corrected chi connectivity index (χ3v) is 9.92. The van der Waals surface area contributed by atoms with Crippen LogP contribution < -0.4 is 10.6 Å². The number of halogens is 3. The number of anilines is 2. The van der Waals surface area contributed by atoms with Crippen molar-refractivity contribution in [1.82, 2.24) is 25.2 Å². The highest BCUT2D eigenvalue weighted by atomic mass is 32.1. The Bertz CT molecular complexity index is 1900. The van der Waals surface area contributed by atoms with Crippen LogP contribution >= 0.6 is 11.3 Å². The average Bonchev–Trinajstić information content (AvgIpc) is 3.90. The number of aryl methyl sites for hydroxylation is 1. The maximum atomic E-state index is 13.2. The van der Waals surface area contributed by atoms with E-state index in [1.54, 1.807) is 23.6 Å². The van der Waals surface area contributed by atoms with Crippen LogP contribution in [0.3, 0.4) is 0 Å². The fraction of sp³-hybridized carbons (Fsp3) is 0.395. The molecule has 52 heavy (non-hydrogen) atoms. The van der Waals surface area contributed by atoms with Crippen LogP contribution in [-0.4, -0.2) is 84.5 Å². The number of carbonyl (C=O) groups excluding carboxylic acids is 1. The molecule has 0 saturated carbocycles. The van der Waals surface area contributed by atoms with E-state index in [-0.39, 0.29) is 11.9 Å². The Hall–Kier alpha value is -4.34. The number of rotatable bonds is 18. The molecule has 6 rings (SSSR count). The third kappa shape index (κ3) is 10.2. The van der Waals surface area contributed by atoms with Crippen LogP contribution in [0.4, 0.5) is 24.7 Å². The van der Waals surface area contributed by atoms with E-state index in [1.165, 1.54) is 10.9 Å². The van der Waals surface area contributed by atoms with Gasteiger partial charge in [0.2, 0.25) is 5.91 Å². The van der Waals surface area contributed by atoms with E-state index in [0.717, 1.165) is 54.0 Å². The Morgan fingerprint density at radius 1 is 1.00 bits per heavy atom. The highest BCUT2D eigenvalue weighted by molar-refractivity contribution is 7.13. The summed E-state index contributed by atoms with van der Waals surface area (Å²) in [6, 6.07) is 17.2. The number of carbonyl (C=O) groups is 1. The van der Waals surface area contributed by atoms with E-state index in [1.807, 2.05) is 24.6 Å². The van der Waals surface area contributed by atoms with Crippen LogP contribution in [0.15, 0.2) is 72.4 Å². The maximum absolute atomic E-state index is 13.2. The Labute approximate surface area is 304 Å². The molecule has 2 aromatic carbocycles. The zero-order valence-electron chi connectivity index (χ0n) is 29.0. The Morgan fingerprint density at radius 2 is 1.77 bits per heavy atom. The van der Waals surface area contributed by atoms with Crippen molar-refractivity contribution >= 4 is 39.7 Å². The molecule has 0 bridgehead atoms. The molecule has 4 heterocycles. The quantitative estimate of drug-likeness (QED) is 0.0815. The average molecular weight is 737 g/mol. The summed E-state index contributed by atoms with van der Waals surface area (Å²) in [6.07, 6.45) is -0.385. The van der Waals surface area contributed by atoms with Gasteiger partial charge < -0.3 is 29.8 Å². The number of aromatic amines is 1. The fourth-order valence-corrected chi connectivity index (χ4v) is 6.99. The van der Waals surface area contributed by atoms with Gasteiger partial charge in [0.1, 0.15) is 5.82 Å². The smallest absolute Gasteiger partial charge is 0.379 e. The van der Waals surface area contributed by atoms with Crippen LogP contribution in [0.2, 0.25) is 0 Å². The van der Waals surface area contributed by atoms with Crippen LogP contribution in [0.5, 0.6) is 0 Å². The van der Waals surface area contributed by atoms with Gasteiger partial charge >= 0.3 is 6.18 Å². The molecule has 0 aliphatic carbocycles. The summed E-state index contributed by atoms with van der Waals surface area (Å²) in [4.78, 5) is 28.2. The summed E-state index contributed by atoms with van der Waals surface area (Å²) < 4.78 is 56.7. The number of nitrogens with one attached hydrogen (secondary N) is 3. The van der Waals surface area contributed by atoms with E-state index in [4.69, 9.17) is 14.2 Å². The molecule has 1 fully saturated rings. The molecule has 1 atom stereocenters. The summed E-state index contributed by atoms with van der Waals surface area (Å²) in [5, 5.41) is 6.67. The van der Waals surface area contributed by atoms with E-state index >= 15 is 0 Å². The molecule has 276 valence electrons. The van der Waals surface area contributed by atoms with Gasteiger partial charge in [-0.15, -0.1) is 11.3 Å². The lowest BCUT2D eigenvalue weighted by atomic mass is 10.1. The Balaban J connectivity index is 0.808. The molecule has 1 aliphatic heterocycles. The van der Waals surface area contributed by atoms with Crippen molar-refractivity contribution in [3.05, 3.63) is 94.9 Å². The molecule has 1 aliphatic rings. The lowest BCUT2D eigenvalue weighted by Crippen LogP contribution is -2.44. The second-order valence-electron chi connectivity index (χ2n) is 12.6. The largest absolute Gasteiger partial charge is 0.416 e. The minimum atomic E-state index is -4.42. The number of hydrogen-bond donors (Lipinski definition) is 3. The molecule has 0 spiro atoms. The van der Waals surface area contributed by atoms with Crippen LogP contribution in [-0.2, 0) is 38.1 Å². The fourth-order valence-electron chi connectivity index (χ4n) is 6.18. The molecule has 0 radical (unpaired) electrons. The topological polar surface area (TPSA) is 114 Å². The van der Waals surface area contributed by atoms with Crippen molar-refractivity contribution in [2.75, 3.05) is 58.0 Å². The molecule has 3 N–H and O–H groups in total. The standard InChI is InChI=1S/C38H43F3N6O4S/c1-26-36(52-25-44-26)28-9-7-27(8-10-28)23-43-37(48)34-5-3-14-47(34)15-17-50-19-21-51-20-18-49-16-13-30-4-2-6-35(45-30)46-33-24-42-32-12-11-29(22-31(32)33)38(39,40)41/h2,4,6-12,22,24-25,34,42H,3,5,13-21,23H2,1H3,(H,43,48)(H,45,46). The number of benzene rings is 2. The van der Waals surface area contributed by atoms with Crippen molar-refractivity contribution in [2.45, 2.75) is 44.9 Å². The number of amides is 1. The number of likely N-dealkylation sites (tertiary alicyclic amines) is 1. The SMILES string of the molecule is Cc1ncsc1-c1ccc(CNC(=O)C2CCCN2CCOCCOCCOCCc2cccc(Nc3c[nH]c4ccc(C(F)(F)F)cc34)n2)cc1. The minimum Gasteiger partial charge on any atom is -0.379 e. The molecular weight excluding hydrogens is 694 g/mol. The molecule has 10 nitrogen and oxygen atoms in total. The van der Waals surface area contributed by atoms with E-state index in [2.05, 4.69) is 54.8 Å². The van der Waals surface area contributed by atoms with Crippen LogP contribution in [0.25, 0.3) is 21.3 Å². The second kappa shape index (κ2) is 17.9. The van der Waals surface area contributed by atoms with Gasteiger partial charge in [-0.05, 0) is 67.8 Å². The highest BCUT2D eigenvalue weighted by Crippen LogP contribution is 2.34. The maximum Gasteiger partial charge on any atom is 0.416 e.